The van der Waals surface area contributed by atoms with Crippen LogP contribution in [0.5, 0.6) is 0 Å². The predicted molar refractivity (Wildman–Crippen MR) is 73.6 cm³/mol. The number of carbonyl (C=O) groups is 2. The molecule has 102 valence electrons. The van der Waals surface area contributed by atoms with Gasteiger partial charge in [-0.05, 0) is 12.1 Å². The van der Waals surface area contributed by atoms with E-state index in [4.69, 9.17) is 5.73 Å². The smallest absolute Gasteiger partial charge is 0.229 e. The van der Waals surface area contributed by atoms with Crippen molar-refractivity contribution in [3.63, 3.8) is 0 Å². The number of nitrogens with one attached hydrogen (secondary N) is 1. The Labute approximate surface area is 112 Å². The molecule has 5 nitrogen and oxygen atoms in total. The molecule has 5 heteroatoms. The third kappa shape index (κ3) is 3.12. The molecular formula is C14H19N3O2. The van der Waals surface area contributed by atoms with Crippen molar-refractivity contribution in [1.29, 1.82) is 0 Å². The molecule has 2 rings (SSSR count). The molecule has 1 fully saturated rings. The largest absolute Gasteiger partial charge is 0.351 e. The van der Waals surface area contributed by atoms with E-state index < -0.39 is 0 Å². The average Bonchev–Trinajstić information content (AvgIpc) is 2.79. The van der Waals surface area contributed by atoms with E-state index in [-0.39, 0.29) is 23.8 Å². The summed E-state index contributed by atoms with van der Waals surface area (Å²) in [6.45, 7) is 2.61. The summed E-state index contributed by atoms with van der Waals surface area (Å²) >= 11 is 0. The number of carbonyl (C=O) groups excluding carboxylic acids is 2. The van der Waals surface area contributed by atoms with Gasteiger partial charge in [-0.25, -0.2) is 0 Å². The molecule has 0 aromatic heterocycles. The van der Waals surface area contributed by atoms with Crippen LogP contribution in [0.4, 0.5) is 5.69 Å². The lowest BCUT2D eigenvalue weighted by Gasteiger charge is -2.18. The van der Waals surface area contributed by atoms with E-state index in [1.54, 1.807) is 11.8 Å². The van der Waals surface area contributed by atoms with Crippen LogP contribution in [0.2, 0.25) is 0 Å². The number of hydrogen-bond donors (Lipinski definition) is 2. The Bertz CT molecular complexity index is 461. The van der Waals surface area contributed by atoms with Crippen molar-refractivity contribution in [2.45, 2.75) is 19.4 Å². The van der Waals surface area contributed by atoms with Gasteiger partial charge in [-0.15, -0.1) is 0 Å². The molecule has 0 saturated carbocycles. The summed E-state index contributed by atoms with van der Waals surface area (Å²) in [6, 6.07) is 9.35. The topological polar surface area (TPSA) is 75.4 Å². The second-order valence-corrected chi connectivity index (χ2v) is 4.89. The number of nitrogens with two attached hydrogens (primary N) is 1. The van der Waals surface area contributed by atoms with Crippen molar-refractivity contribution in [2.24, 2.45) is 11.7 Å². The average molecular weight is 261 g/mol. The molecule has 0 aliphatic carbocycles. The van der Waals surface area contributed by atoms with Crippen LogP contribution in [0, 0.1) is 5.92 Å². The number of anilines is 1. The summed E-state index contributed by atoms with van der Waals surface area (Å²) in [6.07, 6.45) is 0.345. The Kier molecular flexibility index (Phi) is 4.16. The lowest BCUT2D eigenvalue weighted by Crippen LogP contribution is -2.41. The van der Waals surface area contributed by atoms with E-state index in [1.165, 1.54) is 0 Å². The molecule has 2 atom stereocenters. The van der Waals surface area contributed by atoms with Gasteiger partial charge in [-0.1, -0.05) is 25.1 Å². The molecule has 0 spiro atoms. The van der Waals surface area contributed by atoms with Crippen molar-refractivity contribution in [1.82, 2.24) is 5.32 Å². The third-order valence-electron chi connectivity index (χ3n) is 3.34. The van der Waals surface area contributed by atoms with Crippen LogP contribution in [0.15, 0.2) is 30.3 Å². The molecule has 3 N–H and O–H groups in total. The predicted octanol–water partition coefficient (Wildman–Crippen LogP) is 0.503. The Balaban J connectivity index is 1.98. The summed E-state index contributed by atoms with van der Waals surface area (Å²) in [4.78, 5) is 25.4. The lowest BCUT2D eigenvalue weighted by molar-refractivity contribution is -0.124. The molecule has 1 aliphatic heterocycles. The molecule has 1 aromatic carbocycles. The number of rotatable bonds is 4. The van der Waals surface area contributed by atoms with Gasteiger partial charge in [0.05, 0.1) is 6.04 Å². The number of benzene rings is 1. The summed E-state index contributed by atoms with van der Waals surface area (Å²) in [5.74, 6) is -0.270. The maximum absolute atomic E-state index is 12.0. The second kappa shape index (κ2) is 5.84. The Morgan fingerprint density at radius 2 is 2.16 bits per heavy atom. The van der Waals surface area contributed by atoms with Crippen LogP contribution in [0.1, 0.15) is 13.3 Å². The fraction of sp³-hybridized carbons (Fsp3) is 0.429. The minimum absolute atomic E-state index is 0.0388. The van der Waals surface area contributed by atoms with Gasteiger partial charge in [0, 0.05) is 31.1 Å². The van der Waals surface area contributed by atoms with Crippen molar-refractivity contribution in [2.75, 3.05) is 18.0 Å². The maximum Gasteiger partial charge on any atom is 0.229 e. The van der Waals surface area contributed by atoms with E-state index >= 15 is 0 Å². The highest BCUT2D eigenvalue weighted by atomic mass is 16.2. The van der Waals surface area contributed by atoms with Crippen LogP contribution in [0.25, 0.3) is 0 Å². The number of amides is 2. The standard InChI is InChI=1S/C14H19N3O2/c1-10(8-15)14(19)16-11-7-13(18)17(9-11)12-5-3-2-4-6-12/h2-6,10-11H,7-9,15H2,1H3,(H,16,19). The summed E-state index contributed by atoms with van der Waals surface area (Å²) in [5, 5.41) is 2.88. The van der Waals surface area contributed by atoms with E-state index in [2.05, 4.69) is 5.32 Å². The van der Waals surface area contributed by atoms with Crippen molar-refractivity contribution in [3.05, 3.63) is 30.3 Å². The molecule has 0 bridgehead atoms. The van der Waals surface area contributed by atoms with Gasteiger partial charge in [0.2, 0.25) is 11.8 Å². The monoisotopic (exact) mass is 261 g/mol. The highest BCUT2D eigenvalue weighted by molar-refractivity contribution is 5.96. The highest BCUT2D eigenvalue weighted by Crippen LogP contribution is 2.21. The normalized spacial score (nSPS) is 20.4. The first-order valence-corrected chi connectivity index (χ1v) is 6.47. The van der Waals surface area contributed by atoms with Crippen LogP contribution in [0.3, 0.4) is 0 Å². The van der Waals surface area contributed by atoms with Crippen molar-refractivity contribution in [3.8, 4) is 0 Å². The first-order chi connectivity index (χ1) is 9.11. The Hall–Kier alpha value is -1.88. The number of para-hydroxylation sites is 1. The molecule has 1 aliphatic rings. The van der Waals surface area contributed by atoms with Gasteiger partial charge in [0.1, 0.15) is 0 Å². The molecule has 1 aromatic rings. The molecule has 1 heterocycles. The first-order valence-electron chi connectivity index (χ1n) is 6.47. The van der Waals surface area contributed by atoms with Crippen LogP contribution >= 0.6 is 0 Å². The SMILES string of the molecule is CC(CN)C(=O)NC1CC(=O)N(c2ccccc2)C1. The molecule has 2 amide bonds. The molecule has 0 radical (unpaired) electrons. The first kappa shape index (κ1) is 13.5. The zero-order valence-corrected chi connectivity index (χ0v) is 11.0. The van der Waals surface area contributed by atoms with Crippen LogP contribution < -0.4 is 16.0 Å². The van der Waals surface area contributed by atoms with Crippen molar-refractivity contribution < 1.29 is 9.59 Å². The van der Waals surface area contributed by atoms with Gasteiger partial charge in [0.25, 0.3) is 0 Å². The van der Waals surface area contributed by atoms with Gasteiger partial charge in [-0.3, -0.25) is 9.59 Å². The zero-order chi connectivity index (χ0) is 13.8. The van der Waals surface area contributed by atoms with Crippen LogP contribution in [-0.2, 0) is 9.59 Å². The summed E-state index contributed by atoms with van der Waals surface area (Å²) < 4.78 is 0. The number of hydrogen-bond acceptors (Lipinski definition) is 3. The fourth-order valence-corrected chi connectivity index (χ4v) is 2.11. The van der Waals surface area contributed by atoms with Crippen molar-refractivity contribution >= 4 is 17.5 Å². The van der Waals surface area contributed by atoms with E-state index in [0.717, 1.165) is 5.69 Å². The minimum atomic E-state index is -0.221. The van der Waals surface area contributed by atoms with Gasteiger partial charge < -0.3 is 16.0 Å². The van der Waals surface area contributed by atoms with Crippen LogP contribution in [-0.4, -0.2) is 30.9 Å². The Morgan fingerprint density at radius 3 is 2.79 bits per heavy atom. The minimum Gasteiger partial charge on any atom is -0.351 e. The summed E-state index contributed by atoms with van der Waals surface area (Å²) in [7, 11) is 0. The summed E-state index contributed by atoms with van der Waals surface area (Å²) in [5.41, 5.74) is 6.33. The number of nitrogens with zero attached hydrogens (tertiary/aromatic N) is 1. The quantitative estimate of drug-likeness (QED) is 0.829. The van der Waals surface area contributed by atoms with Gasteiger partial charge >= 0.3 is 0 Å². The zero-order valence-electron chi connectivity index (χ0n) is 11.0. The fourth-order valence-electron chi connectivity index (χ4n) is 2.11. The lowest BCUT2D eigenvalue weighted by atomic mass is 10.1. The second-order valence-electron chi connectivity index (χ2n) is 4.89. The molecule has 19 heavy (non-hydrogen) atoms. The third-order valence-corrected chi connectivity index (χ3v) is 3.34. The van der Waals surface area contributed by atoms with Gasteiger partial charge in [0.15, 0.2) is 0 Å². The van der Waals surface area contributed by atoms with E-state index in [1.807, 2.05) is 30.3 Å². The highest BCUT2D eigenvalue weighted by Gasteiger charge is 2.31. The van der Waals surface area contributed by atoms with Gasteiger partial charge in [-0.2, -0.15) is 0 Å². The molecule has 2 unspecified atom stereocenters. The Morgan fingerprint density at radius 1 is 1.47 bits per heavy atom. The molecule has 1 saturated heterocycles. The maximum atomic E-state index is 12.0. The molecular weight excluding hydrogens is 242 g/mol. The van der Waals surface area contributed by atoms with E-state index in [9.17, 15) is 9.59 Å². The van der Waals surface area contributed by atoms with E-state index in [0.29, 0.717) is 19.5 Å².